The van der Waals surface area contributed by atoms with E-state index in [-0.39, 0.29) is 10.8 Å². The second-order valence-electron chi connectivity index (χ2n) is 5.02. The Morgan fingerprint density at radius 2 is 2.05 bits per heavy atom. The molecule has 0 aliphatic rings. The van der Waals surface area contributed by atoms with Gasteiger partial charge in [0.2, 0.25) is 0 Å². The van der Waals surface area contributed by atoms with Gasteiger partial charge in [0.15, 0.2) is 0 Å². The fraction of sp³-hybridized carbons (Fsp3) is 0.583. The van der Waals surface area contributed by atoms with Crippen molar-refractivity contribution in [2.75, 3.05) is 13.6 Å². The van der Waals surface area contributed by atoms with Crippen LogP contribution in [0.5, 0.6) is 0 Å². The normalized spacial score (nSPS) is 11.9. The largest absolute Gasteiger partial charge is 0.345 e. The van der Waals surface area contributed by atoms with Crippen LogP contribution in [0.4, 0.5) is 0 Å². The molecule has 0 aromatic carbocycles. The molecule has 0 saturated heterocycles. The van der Waals surface area contributed by atoms with Crippen LogP contribution in [0.15, 0.2) is 17.2 Å². The fourth-order valence-corrected chi connectivity index (χ4v) is 2.42. The van der Waals surface area contributed by atoms with Crippen LogP contribution in [0.1, 0.15) is 30.8 Å². The minimum atomic E-state index is -3.81. The number of aromatic nitrogens is 1. The monoisotopic (exact) mass is 306 g/mol. The third kappa shape index (κ3) is 4.24. The number of carbonyl (C=O) groups excluding carboxylic acids is 1. The Morgan fingerprint density at radius 1 is 1.47 bits per heavy atom. The van der Waals surface area contributed by atoms with Crippen molar-refractivity contribution in [2.45, 2.75) is 25.2 Å². The average molecular weight is 307 g/mol. The zero-order valence-electron chi connectivity index (χ0n) is 11.6. The smallest absolute Gasteiger partial charge is 0.270 e. The van der Waals surface area contributed by atoms with Gasteiger partial charge in [-0.25, -0.2) is 8.42 Å². The van der Waals surface area contributed by atoms with Crippen LogP contribution in [0.2, 0.25) is 0 Å². The summed E-state index contributed by atoms with van der Waals surface area (Å²) in [5.41, 5.74) is 0.311. The molecule has 1 aromatic heterocycles. The van der Waals surface area contributed by atoms with Crippen molar-refractivity contribution in [3.05, 3.63) is 18.0 Å². The molecule has 0 radical (unpaired) electrons. The number of carbonyl (C=O) groups is 1. The second kappa shape index (κ2) is 5.96. The Labute approximate surface area is 118 Å². The topological polar surface area (TPSA) is 59.4 Å². The summed E-state index contributed by atoms with van der Waals surface area (Å²) in [7, 11) is 4.78. The van der Waals surface area contributed by atoms with Crippen molar-refractivity contribution in [2.24, 2.45) is 13.0 Å². The van der Waals surface area contributed by atoms with Gasteiger partial charge in [-0.15, -0.1) is 0 Å². The maximum atomic E-state index is 12.2. The molecule has 0 bridgehead atoms. The van der Waals surface area contributed by atoms with E-state index in [9.17, 15) is 13.2 Å². The van der Waals surface area contributed by atoms with Crippen LogP contribution in [0.25, 0.3) is 0 Å². The number of aryl methyl sites for hydroxylation is 1. The van der Waals surface area contributed by atoms with Crippen LogP contribution >= 0.6 is 10.7 Å². The number of hydrogen-bond donors (Lipinski definition) is 0. The molecule has 0 aliphatic heterocycles. The van der Waals surface area contributed by atoms with E-state index in [0.717, 1.165) is 6.42 Å². The molecule has 0 saturated carbocycles. The van der Waals surface area contributed by atoms with Crippen LogP contribution in [0.3, 0.4) is 0 Å². The summed E-state index contributed by atoms with van der Waals surface area (Å²) in [5, 5.41) is 0. The maximum Gasteiger partial charge on any atom is 0.270 e. The molecule has 0 aliphatic carbocycles. The van der Waals surface area contributed by atoms with Crippen LogP contribution in [-0.2, 0) is 16.1 Å². The molecule has 0 spiro atoms. The SMILES string of the molecule is CC(C)CCN(C)C(=O)c1cc(S(=O)(=O)Cl)cn1C. The Morgan fingerprint density at radius 3 is 2.47 bits per heavy atom. The van der Waals surface area contributed by atoms with Crippen LogP contribution in [0, 0.1) is 5.92 Å². The van der Waals surface area contributed by atoms with Gasteiger partial charge in [0.1, 0.15) is 10.6 Å². The minimum absolute atomic E-state index is 0.0581. The summed E-state index contributed by atoms with van der Waals surface area (Å²) >= 11 is 0. The molecular formula is C12H19ClN2O3S. The van der Waals surface area contributed by atoms with Crippen molar-refractivity contribution >= 4 is 25.6 Å². The van der Waals surface area contributed by atoms with Crippen molar-refractivity contribution in [1.29, 1.82) is 0 Å². The summed E-state index contributed by atoms with van der Waals surface area (Å²) in [6.45, 7) is 4.79. The third-order valence-electron chi connectivity index (χ3n) is 2.87. The van der Waals surface area contributed by atoms with Gasteiger partial charge in [-0.3, -0.25) is 4.79 Å². The van der Waals surface area contributed by atoms with Crippen molar-refractivity contribution < 1.29 is 13.2 Å². The highest BCUT2D eigenvalue weighted by Gasteiger charge is 2.20. The quantitative estimate of drug-likeness (QED) is 0.783. The van der Waals surface area contributed by atoms with Gasteiger partial charge < -0.3 is 9.47 Å². The highest BCUT2D eigenvalue weighted by molar-refractivity contribution is 8.13. The summed E-state index contributed by atoms with van der Waals surface area (Å²) < 4.78 is 23.9. The molecule has 108 valence electrons. The number of hydrogen-bond acceptors (Lipinski definition) is 3. The molecule has 1 rings (SSSR count). The molecule has 5 nitrogen and oxygen atoms in total. The van der Waals surface area contributed by atoms with E-state index < -0.39 is 9.05 Å². The molecule has 1 aromatic rings. The highest BCUT2D eigenvalue weighted by Crippen LogP contribution is 2.18. The molecule has 0 unspecified atom stereocenters. The van der Waals surface area contributed by atoms with Crippen molar-refractivity contribution in [3.63, 3.8) is 0 Å². The predicted molar refractivity (Wildman–Crippen MR) is 74.9 cm³/mol. The van der Waals surface area contributed by atoms with Crippen LogP contribution < -0.4 is 0 Å². The summed E-state index contributed by atoms with van der Waals surface area (Å²) in [6.07, 6.45) is 2.24. The van der Waals surface area contributed by atoms with E-state index in [0.29, 0.717) is 18.2 Å². The molecule has 0 fully saturated rings. The lowest BCUT2D eigenvalue weighted by Gasteiger charge is -2.18. The molecule has 1 heterocycles. The van der Waals surface area contributed by atoms with E-state index in [1.165, 1.54) is 16.8 Å². The zero-order valence-corrected chi connectivity index (χ0v) is 13.1. The molecule has 1 amide bonds. The first-order chi connectivity index (χ1) is 8.62. The Balaban J connectivity index is 2.91. The summed E-state index contributed by atoms with van der Waals surface area (Å²) in [5.74, 6) is 0.289. The molecule has 0 N–H and O–H groups in total. The minimum Gasteiger partial charge on any atom is -0.345 e. The van der Waals surface area contributed by atoms with E-state index in [2.05, 4.69) is 13.8 Å². The van der Waals surface area contributed by atoms with E-state index in [4.69, 9.17) is 10.7 Å². The fourth-order valence-electron chi connectivity index (χ4n) is 1.63. The summed E-state index contributed by atoms with van der Waals surface area (Å²) in [6, 6.07) is 1.30. The van der Waals surface area contributed by atoms with Gasteiger partial charge >= 0.3 is 0 Å². The van der Waals surface area contributed by atoms with Gasteiger partial charge in [0.25, 0.3) is 15.0 Å². The Bertz CT molecular complexity index is 564. The van der Waals surface area contributed by atoms with E-state index in [1.807, 2.05) is 0 Å². The van der Waals surface area contributed by atoms with E-state index >= 15 is 0 Å². The molecule has 0 atom stereocenters. The first-order valence-corrected chi connectivity index (χ1v) is 8.30. The van der Waals surface area contributed by atoms with Crippen molar-refractivity contribution in [1.82, 2.24) is 9.47 Å². The standard InChI is InChI=1S/C12H19ClN2O3S/c1-9(2)5-6-14(3)12(16)11-7-10(8-15(11)4)19(13,17)18/h7-9H,5-6H2,1-4H3. The maximum absolute atomic E-state index is 12.2. The number of amides is 1. The summed E-state index contributed by atoms with van der Waals surface area (Å²) in [4.78, 5) is 13.7. The number of nitrogens with zero attached hydrogens (tertiary/aromatic N) is 2. The first kappa shape index (κ1) is 16.0. The highest BCUT2D eigenvalue weighted by atomic mass is 35.7. The predicted octanol–water partition coefficient (Wildman–Crippen LogP) is 2.07. The average Bonchev–Trinajstić information content (AvgIpc) is 2.66. The van der Waals surface area contributed by atoms with Gasteiger partial charge in [-0.05, 0) is 18.4 Å². The lowest BCUT2D eigenvalue weighted by atomic mass is 10.1. The van der Waals surface area contributed by atoms with Gasteiger partial charge in [-0.2, -0.15) is 0 Å². The van der Waals surface area contributed by atoms with Crippen LogP contribution in [-0.4, -0.2) is 37.4 Å². The first-order valence-electron chi connectivity index (χ1n) is 5.99. The molecular weight excluding hydrogens is 288 g/mol. The van der Waals surface area contributed by atoms with E-state index in [1.54, 1.807) is 19.0 Å². The lowest BCUT2D eigenvalue weighted by molar-refractivity contribution is 0.0780. The lowest BCUT2D eigenvalue weighted by Crippen LogP contribution is -2.29. The number of halogens is 1. The second-order valence-corrected chi connectivity index (χ2v) is 7.58. The van der Waals surface area contributed by atoms with Crippen molar-refractivity contribution in [3.8, 4) is 0 Å². The van der Waals surface area contributed by atoms with Gasteiger partial charge in [0.05, 0.1) is 0 Å². The molecule has 19 heavy (non-hydrogen) atoms. The Hall–Kier alpha value is -1.01. The van der Waals surface area contributed by atoms with Gasteiger partial charge in [-0.1, -0.05) is 13.8 Å². The Kier molecular flexibility index (Phi) is 5.04. The van der Waals surface area contributed by atoms with Gasteiger partial charge in [0, 0.05) is 37.5 Å². The molecule has 7 heteroatoms. The number of rotatable bonds is 5. The zero-order chi connectivity index (χ0) is 14.8. The third-order valence-corrected chi connectivity index (χ3v) is 4.19.